The van der Waals surface area contributed by atoms with Crippen LogP contribution in [0.5, 0.6) is 0 Å². The Morgan fingerprint density at radius 3 is 2.39 bits per heavy atom. The van der Waals surface area contributed by atoms with Gasteiger partial charge in [0.1, 0.15) is 5.82 Å². The highest BCUT2D eigenvalue weighted by Crippen LogP contribution is 2.20. The van der Waals surface area contributed by atoms with Crippen LogP contribution in [0.15, 0.2) is 24.3 Å². The van der Waals surface area contributed by atoms with Crippen molar-refractivity contribution in [3.8, 4) is 0 Å². The van der Waals surface area contributed by atoms with Crippen molar-refractivity contribution in [2.24, 2.45) is 5.73 Å². The van der Waals surface area contributed by atoms with E-state index in [2.05, 4.69) is 11.8 Å². The summed E-state index contributed by atoms with van der Waals surface area (Å²) in [4.78, 5) is 2.18. The lowest BCUT2D eigenvalue weighted by atomic mass is 9.94. The first-order valence-electron chi connectivity index (χ1n) is 6.22. The molecule has 1 atom stereocenters. The van der Waals surface area contributed by atoms with Crippen LogP contribution in [0.1, 0.15) is 18.9 Å². The maximum absolute atomic E-state index is 12.9. The highest BCUT2D eigenvalue weighted by Gasteiger charge is 2.31. The third-order valence-corrected chi connectivity index (χ3v) is 3.59. The summed E-state index contributed by atoms with van der Waals surface area (Å²) in [5.41, 5.74) is 6.81. The molecule has 1 unspecified atom stereocenters. The summed E-state index contributed by atoms with van der Waals surface area (Å²) in [6, 6.07) is 6.57. The number of likely N-dealkylation sites (N-methyl/N-ethyl adjacent to an activating group) is 1. The van der Waals surface area contributed by atoms with Gasteiger partial charge in [0.15, 0.2) is 0 Å². The number of benzene rings is 1. The first-order valence-corrected chi connectivity index (χ1v) is 6.22. The molecule has 0 amide bonds. The Labute approximate surface area is 109 Å². The van der Waals surface area contributed by atoms with Crippen LogP contribution in [0.3, 0.4) is 0 Å². The first kappa shape index (κ1) is 15.1. The molecule has 2 N–H and O–H groups in total. The van der Waals surface area contributed by atoms with E-state index in [1.54, 1.807) is 19.2 Å². The zero-order chi connectivity index (χ0) is 13.6. The van der Waals surface area contributed by atoms with E-state index in [-0.39, 0.29) is 11.4 Å². The maximum Gasteiger partial charge on any atom is 0.123 e. The molecule has 4 heteroatoms. The SMILES string of the molecule is CCC(CN)(COC)N(C)Cc1ccc(F)cc1. The molecule has 0 saturated carbocycles. The molecule has 3 nitrogen and oxygen atoms in total. The zero-order valence-electron chi connectivity index (χ0n) is 11.4. The number of rotatable bonds is 7. The van der Waals surface area contributed by atoms with Crippen LogP contribution in [-0.4, -0.2) is 37.7 Å². The van der Waals surface area contributed by atoms with Crippen molar-refractivity contribution in [3.63, 3.8) is 0 Å². The topological polar surface area (TPSA) is 38.5 Å². The summed E-state index contributed by atoms with van der Waals surface area (Å²) in [7, 11) is 3.71. The van der Waals surface area contributed by atoms with Gasteiger partial charge in [-0.05, 0) is 31.2 Å². The van der Waals surface area contributed by atoms with Crippen LogP contribution < -0.4 is 5.73 Å². The molecule has 102 valence electrons. The van der Waals surface area contributed by atoms with Gasteiger partial charge in [0.2, 0.25) is 0 Å². The van der Waals surface area contributed by atoms with E-state index in [1.807, 2.05) is 7.05 Å². The highest BCUT2D eigenvalue weighted by atomic mass is 19.1. The molecule has 0 spiro atoms. The second kappa shape index (κ2) is 6.83. The molecule has 1 aromatic carbocycles. The van der Waals surface area contributed by atoms with Crippen molar-refractivity contribution >= 4 is 0 Å². The van der Waals surface area contributed by atoms with Gasteiger partial charge in [-0.15, -0.1) is 0 Å². The van der Waals surface area contributed by atoms with Gasteiger partial charge in [0.25, 0.3) is 0 Å². The Balaban J connectivity index is 2.77. The second-order valence-corrected chi connectivity index (χ2v) is 4.70. The lowest BCUT2D eigenvalue weighted by Gasteiger charge is -2.40. The summed E-state index contributed by atoms with van der Waals surface area (Å²) in [5, 5.41) is 0. The number of nitrogens with two attached hydrogens (primary N) is 1. The van der Waals surface area contributed by atoms with E-state index in [1.165, 1.54) is 12.1 Å². The van der Waals surface area contributed by atoms with Gasteiger partial charge in [-0.25, -0.2) is 4.39 Å². The Hall–Kier alpha value is -0.970. The fraction of sp³-hybridized carbons (Fsp3) is 0.571. The second-order valence-electron chi connectivity index (χ2n) is 4.70. The lowest BCUT2D eigenvalue weighted by Crippen LogP contribution is -2.54. The number of hydrogen-bond donors (Lipinski definition) is 1. The van der Waals surface area contributed by atoms with Crippen LogP contribution >= 0.6 is 0 Å². The van der Waals surface area contributed by atoms with Gasteiger partial charge in [0, 0.05) is 20.2 Å². The first-order chi connectivity index (χ1) is 8.57. The van der Waals surface area contributed by atoms with Gasteiger partial charge in [0.05, 0.1) is 12.1 Å². The Kier molecular flexibility index (Phi) is 5.72. The lowest BCUT2D eigenvalue weighted by molar-refractivity contribution is 0.0234. The van der Waals surface area contributed by atoms with Crippen molar-refractivity contribution in [2.45, 2.75) is 25.4 Å². The van der Waals surface area contributed by atoms with Gasteiger partial charge in [-0.1, -0.05) is 19.1 Å². The summed E-state index contributed by atoms with van der Waals surface area (Å²) < 4.78 is 18.1. The fourth-order valence-electron chi connectivity index (χ4n) is 2.14. The molecule has 0 aliphatic carbocycles. The van der Waals surface area contributed by atoms with Crippen molar-refractivity contribution in [3.05, 3.63) is 35.6 Å². The molecule has 1 aromatic rings. The van der Waals surface area contributed by atoms with E-state index in [0.29, 0.717) is 13.2 Å². The largest absolute Gasteiger partial charge is 0.383 e. The molecule has 1 rings (SSSR count). The average Bonchev–Trinajstić information content (AvgIpc) is 2.38. The summed E-state index contributed by atoms with van der Waals surface area (Å²) >= 11 is 0. The van der Waals surface area contributed by atoms with Crippen LogP contribution in [0, 0.1) is 5.82 Å². The number of nitrogens with zero attached hydrogens (tertiary/aromatic N) is 1. The molecule has 0 heterocycles. The van der Waals surface area contributed by atoms with Crippen molar-refractivity contribution in [1.29, 1.82) is 0 Å². The van der Waals surface area contributed by atoms with Gasteiger partial charge in [-0.3, -0.25) is 4.90 Å². The maximum atomic E-state index is 12.9. The average molecular weight is 254 g/mol. The fourth-order valence-corrected chi connectivity index (χ4v) is 2.14. The minimum atomic E-state index is -0.209. The van der Waals surface area contributed by atoms with Crippen LogP contribution in [0.4, 0.5) is 4.39 Å². The van der Waals surface area contributed by atoms with E-state index < -0.39 is 0 Å². The minimum absolute atomic E-state index is 0.164. The predicted molar refractivity (Wildman–Crippen MR) is 71.8 cm³/mol. The number of ether oxygens (including phenoxy) is 1. The minimum Gasteiger partial charge on any atom is -0.383 e. The van der Waals surface area contributed by atoms with Gasteiger partial charge in [-0.2, -0.15) is 0 Å². The van der Waals surface area contributed by atoms with Crippen LogP contribution in [-0.2, 0) is 11.3 Å². The molecular weight excluding hydrogens is 231 g/mol. The molecule has 0 radical (unpaired) electrons. The third-order valence-electron chi connectivity index (χ3n) is 3.59. The molecule has 0 bridgehead atoms. The summed E-state index contributed by atoms with van der Waals surface area (Å²) in [6.07, 6.45) is 0.912. The Bertz CT molecular complexity index is 349. The molecule has 0 saturated heterocycles. The van der Waals surface area contributed by atoms with E-state index in [4.69, 9.17) is 10.5 Å². The van der Waals surface area contributed by atoms with Crippen LogP contribution in [0.25, 0.3) is 0 Å². The third kappa shape index (κ3) is 3.51. The Morgan fingerprint density at radius 1 is 1.33 bits per heavy atom. The van der Waals surface area contributed by atoms with E-state index in [0.717, 1.165) is 18.5 Å². The van der Waals surface area contributed by atoms with Gasteiger partial charge >= 0.3 is 0 Å². The monoisotopic (exact) mass is 254 g/mol. The van der Waals surface area contributed by atoms with Crippen molar-refractivity contribution < 1.29 is 9.13 Å². The summed E-state index contributed by atoms with van der Waals surface area (Å²) in [5.74, 6) is -0.209. The zero-order valence-corrected chi connectivity index (χ0v) is 11.4. The molecule has 0 aliphatic heterocycles. The molecule has 0 aromatic heterocycles. The standard InChI is InChI=1S/C14H23FN2O/c1-4-14(10-16,11-18-3)17(2)9-12-5-7-13(15)8-6-12/h5-8H,4,9-11,16H2,1-3H3. The number of halogens is 1. The predicted octanol–water partition coefficient (Wildman–Crippen LogP) is 2.01. The van der Waals surface area contributed by atoms with E-state index in [9.17, 15) is 4.39 Å². The normalized spacial score (nSPS) is 14.8. The smallest absolute Gasteiger partial charge is 0.123 e. The quantitative estimate of drug-likeness (QED) is 0.809. The highest BCUT2D eigenvalue weighted by molar-refractivity contribution is 5.16. The van der Waals surface area contributed by atoms with Crippen LogP contribution in [0.2, 0.25) is 0 Å². The molecule has 0 fully saturated rings. The number of hydrogen-bond acceptors (Lipinski definition) is 3. The van der Waals surface area contributed by atoms with Gasteiger partial charge < -0.3 is 10.5 Å². The van der Waals surface area contributed by atoms with E-state index >= 15 is 0 Å². The van der Waals surface area contributed by atoms with Crippen molar-refractivity contribution in [2.75, 3.05) is 27.3 Å². The summed E-state index contributed by atoms with van der Waals surface area (Å²) in [6.45, 7) is 3.97. The Morgan fingerprint density at radius 2 is 1.94 bits per heavy atom. The molecule has 0 aliphatic rings. The molecular formula is C14H23FN2O. The molecule has 18 heavy (non-hydrogen) atoms. The number of methoxy groups -OCH3 is 1. The van der Waals surface area contributed by atoms with Crippen molar-refractivity contribution in [1.82, 2.24) is 4.90 Å².